The van der Waals surface area contributed by atoms with Crippen LogP contribution >= 0.6 is 11.8 Å². The van der Waals surface area contributed by atoms with Gasteiger partial charge in [0.05, 0.1) is 5.69 Å². The second-order valence-corrected chi connectivity index (χ2v) is 4.14. The standard InChI is InChI=1S/C9H11N5S/c1-14-5-7(12-13-14)6-15-8-2-3-9(10)11-4-8/h2-5H,6H2,1H3,(H2,10,11). The Balaban J connectivity index is 1.96. The Kier molecular flexibility index (Phi) is 2.86. The number of nitrogens with zero attached hydrogens (tertiary/aromatic N) is 4. The predicted octanol–water partition coefficient (Wildman–Crippen LogP) is 1.08. The Morgan fingerprint density at radius 1 is 1.47 bits per heavy atom. The summed E-state index contributed by atoms with van der Waals surface area (Å²) in [7, 11) is 1.85. The van der Waals surface area contributed by atoms with Crippen molar-refractivity contribution in [1.82, 2.24) is 20.0 Å². The summed E-state index contributed by atoms with van der Waals surface area (Å²) in [4.78, 5) is 5.09. The van der Waals surface area contributed by atoms with E-state index in [1.165, 1.54) is 0 Å². The van der Waals surface area contributed by atoms with Gasteiger partial charge in [-0.25, -0.2) is 4.98 Å². The number of nitrogen functional groups attached to an aromatic ring is 1. The molecule has 0 bridgehead atoms. The summed E-state index contributed by atoms with van der Waals surface area (Å²) in [6.45, 7) is 0. The van der Waals surface area contributed by atoms with Crippen molar-refractivity contribution >= 4 is 17.6 Å². The van der Waals surface area contributed by atoms with Crippen molar-refractivity contribution in [3.63, 3.8) is 0 Å². The lowest BCUT2D eigenvalue weighted by atomic mass is 10.5. The smallest absolute Gasteiger partial charge is 0.123 e. The lowest BCUT2D eigenvalue weighted by Gasteiger charge is -1.98. The molecule has 5 nitrogen and oxygen atoms in total. The van der Waals surface area contributed by atoms with E-state index in [0.29, 0.717) is 5.82 Å². The molecule has 0 aliphatic carbocycles. The maximum Gasteiger partial charge on any atom is 0.123 e. The molecule has 0 saturated heterocycles. The molecule has 15 heavy (non-hydrogen) atoms. The first-order valence-electron chi connectivity index (χ1n) is 4.43. The molecule has 0 aromatic carbocycles. The van der Waals surface area contributed by atoms with Crippen LogP contribution in [0.1, 0.15) is 5.69 Å². The second-order valence-electron chi connectivity index (χ2n) is 3.09. The number of aromatic nitrogens is 4. The Labute approximate surface area is 91.7 Å². The fourth-order valence-electron chi connectivity index (χ4n) is 1.10. The monoisotopic (exact) mass is 221 g/mol. The van der Waals surface area contributed by atoms with Crippen LogP contribution in [0, 0.1) is 0 Å². The van der Waals surface area contributed by atoms with Crippen LogP contribution in [-0.2, 0) is 12.8 Å². The van der Waals surface area contributed by atoms with Crippen molar-refractivity contribution < 1.29 is 0 Å². The average molecular weight is 221 g/mol. The van der Waals surface area contributed by atoms with Gasteiger partial charge < -0.3 is 5.73 Å². The minimum absolute atomic E-state index is 0.541. The summed E-state index contributed by atoms with van der Waals surface area (Å²) in [6, 6.07) is 3.74. The molecule has 2 N–H and O–H groups in total. The highest BCUT2D eigenvalue weighted by Crippen LogP contribution is 2.20. The van der Waals surface area contributed by atoms with Crippen molar-refractivity contribution in [2.24, 2.45) is 7.05 Å². The Morgan fingerprint density at radius 2 is 2.33 bits per heavy atom. The van der Waals surface area contributed by atoms with Gasteiger partial charge in [0.1, 0.15) is 5.82 Å². The highest BCUT2D eigenvalue weighted by atomic mass is 32.2. The highest BCUT2D eigenvalue weighted by Gasteiger charge is 2.00. The molecule has 0 fully saturated rings. The van der Waals surface area contributed by atoms with Gasteiger partial charge in [-0.05, 0) is 12.1 Å². The number of nitrogens with two attached hydrogens (primary N) is 1. The first kappa shape index (κ1) is 9.97. The van der Waals surface area contributed by atoms with Gasteiger partial charge in [-0.2, -0.15) is 0 Å². The zero-order valence-electron chi connectivity index (χ0n) is 8.29. The predicted molar refractivity (Wildman–Crippen MR) is 59.2 cm³/mol. The zero-order chi connectivity index (χ0) is 10.7. The lowest BCUT2D eigenvalue weighted by Crippen LogP contribution is -1.88. The maximum atomic E-state index is 5.49. The van der Waals surface area contributed by atoms with Crippen molar-refractivity contribution in [3.05, 3.63) is 30.2 Å². The summed E-state index contributed by atoms with van der Waals surface area (Å²) < 4.78 is 1.69. The van der Waals surface area contributed by atoms with Gasteiger partial charge in [0.15, 0.2) is 0 Å². The van der Waals surface area contributed by atoms with Gasteiger partial charge in [0, 0.05) is 30.1 Å². The van der Waals surface area contributed by atoms with Gasteiger partial charge in [0.25, 0.3) is 0 Å². The molecule has 0 aliphatic rings. The van der Waals surface area contributed by atoms with E-state index < -0.39 is 0 Å². The largest absolute Gasteiger partial charge is 0.384 e. The van der Waals surface area contributed by atoms with Crippen LogP contribution in [0.5, 0.6) is 0 Å². The minimum atomic E-state index is 0.541. The van der Waals surface area contributed by atoms with Gasteiger partial charge in [-0.15, -0.1) is 16.9 Å². The molecule has 0 radical (unpaired) electrons. The van der Waals surface area contributed by atoms with Crippen LogP contribution in [0.4, 0.5) is 5.82 Å². The summed E-state index contributed by atoms with van der Waals surface area (Å²) in [5.41, 5.74) is 6.45. The molecule has 0 aliphatic heterocycles. The number of aryl methyl sites for hydroxylation is 1. The molecule has 78 valence electrons. The molecule has 2 heterocycles. The number of hydrogen-bond acceptors (Lipinski definition) is 5. The number of thioether (sulfide) groups is 1. The summed E-state index contributed by atoms with van der Waals surface area (Å²) in [5.74, 6) is 1.33. The summed E-state index contributed by atoms with van der Waals surface area (Å²) in [5, 5.41) is 7.86. The highest BCUT2D eigenvalue weighted by molar-refractivity contribution is 7.98. The topological polar surface area (TPSA) is 69.6 Å². The van der Waals surface area contributed by atoms with Gasteiger partial charge >= 0.3 is 0 Å². The maximum absolute atomic E-state index is 5.49. The number of anilines is 1. The van der Waals surface area contributed by atoms with Crippen molar-refractivity contribution in [3.8, 4) is 0 Å². The molecular formula is C9H11N5S. The molecule has 2 rings (SSSR count). The lowest BCUT2D eigenvalue weighted by molar-refractivity contribution is 0.714. The molecule has 0 saturated carbocycles. The average Bonchev–Trinajstić information content (AvgIpc) is 2.64. The van der Waals surface area contributed by atoms with Crippen molar-refractivity contribution in [1.29, 1.82) is 0 Å². The Bertz CT molecular complexity index is 436. The summed E-state index contributed by atoms with van der Waals surface area (Å²) in [6.07, 6.45) is 3.66. The fraction of sp³-hybridized carbons (Fsp3) is 0.222. The number of pyridine rings is 1. The van der Waals surface area contributed by atoms with E-state index in [9.17, 15) is 0 Å². The van der Waals surface area contributed by atoms with E-state index >= 15 is 0 Å². The van der Waals surface area contributed by atoms with E-state index in [1.807, 2.05) is 19.3 Å². The van der Waals surface area contributed by atoms with E-state index in [-0.39, 0.29) is 0 Å². The van der Waals surface area contributed by atoms with E-state index in [0.717, 1.165) is 16.3 Å². The summed E-state index contributed by atoms with van der Waals surface area (Å²) >= 11 is 1.66. The molecule has 0 atom stereocenters. The van der Waals surface area contributed by atoms with Crippen molar-refractivity contribution in [2.45, 2.75) is 10.6 Å². The SMILES string of the molecule is Cn1cc(CSc2ccc(N)nc2)nn1. The molecule has 0 unspecified atom stereocenters. The van der Waals surface area contributed by atoms with E-state index in [4.69, 9.17) is 5.73 Å². The van der Waals surface area contributed by atoms with Gasteiger partial charge in [-0.3, -0.25) is 4.68 Å². The minimum Gasteiger partial charge on any atom is -0.384 e. The van der Waals surface area contributed by atoms with Crippen LogP contribution < -0.4 is 5.73 Å². The third kappa shape index (κ3) is 2.69. The van der Waals surface area contributed by atoms with Crippen molar-refractivity contribution in [2.75, 3.05) is 5.73 Å². The first-order valence-corrected chi connectivity index (χ1v) is 5.42. The van der Waals surface area contributed by atoms with E-state index in [2.05, 4.69) is 15.3 Å². The number of hydrogen-bond donors (Lipinski definition) is 1. The first-order chi connectivity index (χ1) is 7.24. The quantitative estimate of drug-likeness (QED) is 0.785. The zero-order valence-corrected chi connectivity index (χ0v) is 9.11. The fourth-order valence-corrected chi connectivity index (χ4v) is 1.83. The molecule has 2 aromatic heterocycles. The van der Waals surface area contributed by atoms with Crippen LogP contribution in [0.25, 0.3) is 0 Å². The number of rotatable bonds is 3. The Hall–Kier alpha value is -1.56. The van der Waals surface area contributed by atoms with Gasteiger partial charge in [0.2, 0.25) is 0 Å². The molecule has 2 aromatic rings. The molecule has 0 spiro atoms. The van der Waals surface area contributed by atoms with Crippen LogP contribution in [0.2, 0.25) is 0 Å². The van der Waals surface area contributed by atoms with Gasteiger partial charge in [-0.1, -0.05) is 5.21 Å². The third-order valence-electron chi connectivity index (χ3n) is 1.80. The molecule has 0 amide bonds. The van der Waals surface area contributed by atoms with Crippen LogP contribution in [-0.4, -0.2) is 20.0 Å². The molecular weight excluding hydrogens is 210 g/mol. The Morgan fingerprint density at radius 3 is 2.93 bits per heavy atom. The van der Waals surface area contributed by atoms with E-state index in [1.54, 1.807) is 28.7 Å². The molecule has 6 heteroatoms. The normalized spacial score (nSPS) is 10.5. The van der Waals surface area contributed by atoms with Crippen LogP contribution in [0.3, 0.4) is 0 Å². The van der Waals surface area contributed by atoms with Crippen LogP contribution in [0.15, 0.2) is 29.4 Å². The second kappa shape index (κ2) is 4.31. The third-order valence-corrected chi connectivity index (χ3v) is 2.81.